The van der Waals surface area contributed by atoms with Gasteiger partial charge in [0.2, 0.25) is 0 Å². The summed E-state index contributed by atoms with van der Waals surface area (Å²) in [7, 11) is 0. The second-order valence-electron chi connectivity index (χ2n) is 6.06. The smallest absolute Gasteiger partial charge is 0.126 e. The molecule has 0 heterocycles. The van der Waals surface area contributed by atoms with Crippen molar-refractivity contribution in [3.8, 4) is 5.75 Å². The van der Waals surface area contributed by atoms with E-state index in [4.69, 9.17) is 4.74 Å². The maximum Gasteiger partial charge on any atom is 0.126 e. The summed E-state index contributed by atoms with van der Waals surface area (Å²) in [5, 5.41) is 0. The van der Waals surface area contributed by atoms with E-state index < -0.39 is 0 Å². The highest BCUT2D eigenvalue weighted by molar-refractivity contribution is 7.80. The number of benzene rings is 1. The van der Waals surface area contributed by atoms with Gasteiger partial charge in [0, 0.05) is 0 Å². The summed E-state index contributed by atoms with van der Waals surface area (Å²) in [5.74, 6) is 3.14. The van der Waals surface area contributed by atoms with Crippen LogP contribution in [0.2, 0.25) is 0 Å². The summed E-state index contributed by atoms with van der Waals surface area (Å²) in [6, 6.07) is 6.56. The third kappa shape index (κ3) is 5.40. The first-order valence-corrected chi connectivity index (χ1v) is 8.57. The first kappa shape index (κ1) is 17.4. The molecule has 20 heavy (non-hydrogen) atoms. The van der Waals surface area contributed by atoms with Gasteiger partial charge in [-0.3, -0.25) is 0 Å². The molecule has 0 aliphatic carbocycles. The Morgan fingerprint density at radius 2 is 1.45 bits per heavy atom. The third-order valence-corrected chi connectivity index (χ3v) is 3.94. The van der Waals surface area contributed by atoms with E-state index in [2.05, 4.69) is 58.5 Å². The molecule has 2 heteroatoms. The van der Waals surface area contributed by atoms with Gasteiger partial charge in [0.05, 0.1) is 6.61 Å². The quantitative estimate of drug-likeness (QED) is 0.447. The summed E-state index contributed by atoms with van der Waals surface area (Å²) in [5.41, 5.74) is 2.68. The van der Waals surface area contributed by atoms with Crippen molar-refractivity contribution in [1.29, 1.82) is 0 Å². The van der Waals surface area contributed by atoms with Crippen LogP contribution >= 0.6 is 12.6 Å². The Kier molecular flexibility index (Phi) is 8.13. The number of hydrogen-bond donors (Lipinski definition) is 1. The molecule has 0 unspecified atom stereocenters. The van der Waals surface area contributed by atoms with Gasteiger partial charge in [0.15, 0.2) is 0 Å². The van der Waals surface area contributed by atoms with E-state index in [1.54, 1.807) is 0 Å². The van der Waals surface area contributed by atoms with E-state index >= 15 is 0 Å². The zero-order valence-corrected chi connectivity index (χ0v) is 14.4. The van der Waals surface area contributed by atoms with Crippen molar-refractivity contribution in [2.75, 3.05) is 12.4 Å². The van der Waals surface area contributed by atoms with Crippen molar-refractivity contribution < 1.29 is 4.74 Å². The van der Waals surface area contributed by atoms with Gasteiger partial charge in [0.25, 0.3) is 0 Å². The van der Waals surface area contributed by atoms with E-state index in [1.165, 1.54) is 30.4 Å². The highest BCUT2D eigenvalue weighted by Gasteiger charge is 2.14. The van der Waals surface area contributed by atoms with Crippen LogP contribution in [-0.2, 0) is 0 Å². The maximum atomic E-state index is 6.15. The Labute approximate surface area is 130 Å². The lowest BCUT2D eigenvalue weighted by atomic mass is 9.94. The first-order chi connectivity index (χ1) is 9.57. The molecule has 0 aromatic heterocycles. The van der Waals surface area contributed by atoms with E-state index in [9.17, 15) is 0 Å². The van der Waals surface area contributed by atoms with Crippen LogP contribution in [0.5, 0.6) is 5.75 Å². The molecule has 0 amide bonds. The van der Waals surface area contributed by atoms with Gasteiger partial charge in [-0.2, -0.15) is 12.6 Å². The fraction of sp³-hybridized carbons (Fsp3) is 0.667. The third-order valence-electron chi connectivity index (χ3n) is 3.62. The number of thiol groups is 1. The predicted molar refractivity (Wildman–Crippen MR) is 92.4 cm³/mol. The summed E-state index contributed by atoms with van der Waals surface area (Å²) in [6.45, 7) is 9.77. The van der Waals surface area contributed by atoms with Crippen molar-refractivity contribution in [2.24, 2.45) is 0 Å². The Balaban J connectivity index is 2.66. The van der Waals surface area contributed by atoms with Crippen molar-refractivity contribution in [1.82, 2.24) is 0 Å². The van der Waals surface area contributed by atoms with Crippen LogP contribution in [0.25, 0.3) is 0 Å². The van der Waals surface area contributed by atoms with Crippen molar-refractivity contribution >= 4 is 12.6 Å². The average molecular weight is 295 g/mol. The standard InChI is InChI=1S/C18H30OS/c1-14(2)16-10-9-11-17(15(3)4)18(16)19-12-7-5-6-8-13-20/h9-11,14-15,20H,5-8,12-13H2,1-4H3. The largest absolute Gasteiger partial charge is 0.493 e. The van der Waals surface area contributed by atoms with E-state index in [-0.39, 0.29) is 0 Å². The summed E-state index contributed by atoms with van der Waals surface area (Å²) >= 11 is 4.24. The van der Waals surface area contributed by atoms with Crippen LogP contribution < -0.4 is 4.74 Å². The number of ether oxygens (including phenoxy) is 1. The molecule has 0 aliphatic heterocycles. The SMILES string of the molecule is CC(C)c1cccc(C(C)C)c1OCCCCCCS. The Hall–Kier alpha value is -0.630. The second kappa shape index (κ2) is 9.33. The Morgan fingerprint density at radius 3 is 1.95 bits per heavy atom. The lowest BCUT2D eigenvalue weighted by Gasteiger charge is -2.20. The number of para-hydroxylation sites is 1. The van der Waals surface area contributed by atoms with E-state index in [1.807, 2.05) is 0 Å². The molecular weight excluding hydrogens is 264 g/mol. The van der Waals surface area contributed by atoms with Gasteiger partial charge in [-0.15, -0.1) is 0 Å². The summed E-state index contributed by atoms with van der Waals surface area (Å²) in [4.78, 5) is 0. The van der Waals surface area contributed by atoms with Gasteiger partial charge in [0.1, 0.15) is 5.75 Å². The van der Waals surface area contributed by atoms with Crippen molar-refractivity contribution in [3.63, 3.8) is 0 Å². The molecule has 0 saturated heterocycles. The van der Waals surface area contributed by atoms with Gasteiger partial charge in [-0.05, 0) is 41.6 Å². The fourth-order valence-corrected chi connectivity index (χ4v) is 2.61. The van der Waals surface area contributed by atoms with Crippen LogP contribution in [0.1, 0.15) is 76.3 Å². The molecule has 0 atom stereocenters. The van der Waals surface area contributed by atoms with Gasteiger partial charge in [-0.1, -0.05) is 58.7 Å². The molecule has 0 saturated carbocycles. The Morgan fingerprint density at radius 1 is 0.900 bits per heavy atom. The molecule has 1 aromatic carbocycles. The lowest BCUT2D eigenvalue weighted by Crippen LogP contribution is -2.05. The topological polar surface area (TPSA) is 9.23 Å². The molecule has 1 rings (SSSR count). The molecule has 1 aromatic rings. The van der Waals surface area contributed by atoms with Crippen LogP contribution in [-0.4, -0.2) is 12.4 Å². The van der Waals surface area contributed by atoms with Crippen LogP contribution in [0.4, 0.5) is 0 Å². The molecule has 0 radical (unpaired) electrons. The van der Waals surface area contributed by atoms with E-state index in [0.29, 0.717) is 11.8 Å². The van der Waals surface area contributed by atoms with E-state index in [0.717, 1.165) is 24.5 Å². The maximum absolute atomic E-state index is 6.15. The van der Waals surface area contributed by atoms with Crippen LogP contribution in [0.15, 0.2) is 18.2 Å². The molecule has 0 aliphatic rings. The molecule has 0 fully saturated rings. The minimum Gasteiger partial charge on any atom is -0.493 e. The number of hydrogen-bond acceptors (Lipinski definition) is 2. The monoisotopic (exact) mass is 294 g/mol. The lowest BCUT2D eigenvalue weighted by molar-refractivity contribution is 0.297. The molecule has 0 N–H and O–H groups in total. The average Bonchev–Trinajstić information content (AvgIpc) is 2.42. The van der Waals surface area contributed by atoms with Crippen LogP contribution in [0, 0.1) is 0 Å². The summed E-state index contributed by atoms with van der Waals surface area (Å²) in [6.07, 6.45) is 4.85. The molecule has 1 nitrogen and oxygen atoms in total. The second-order valence-corrected chi connectivity index (χ2v) is 6.51. The predicted octanol–water partition coefficient (Wildman–Crippen LogP) is 5.80. The van der Waals surface area contributed by atoms with Gasteiger partial charge in [-0.25, -0.2) is 0 Å². The van der Waals surface area contributed by atoms with Crippen molar-refractivity contribution in [2.45, 2.75) is 65.2 Å². The number of unbranched alkanes of at least 4 members (excludes halogenated alkanes) is 3. The van der Waals surface area contributed by atoms with Gasteiger partial charge < -0.3 is 4.74 Å². The first-order valence-electron chi connectivity index (χ1n) is 7.94. The highest BCUT2D eigenvalue weighted by Crippen LogP contribution is 2.34. The number of rotatable bonds is 9. The molecule has 114 valence electrons. The Bertz CT molecular complexity index is 359. The normalized spacial score (nSPS) is 11.3. The molecule has 0 spiro atoms. The zero-order chi connectivity index (χ0) is 15.0. The van der Waals surface area contributed by atoms with Crippen LogP contribution in [0.3, 0.4) is 0 Å². The minimum absolute atomic E-state index is 0.507. The highest BCUT2D eigenvalue weighted by atomic mass is 32.1. The zero-order valence-electron chi connectivity index (χ0n) is 13.5. The molecular formula is C18H30OS. The minimum atomic E-state index is 0.507. The molecule has 0 bridgehead atoms. The van der Waals surface area contributed by atoms with Gasteiger partial charge >= 0.3 is 0 Å². The van der Waals surface area contributed by atoms with Crippen molar-refractivity contribution in [3.05, 3.63) is 29.3 Å². The fourth-order valence-electron chi connectivity index (χ4n) is 2.39. The summed E-state index contributed by atoms with van der Waals surface area (Å²) < 4.78 is 6.15.